The molecule has 82 valence electrons. The predicted octanol–water partition coefficient (Wildman–Crippen LogP) is 0.619. The maximum absolute atomic E-state index is 11.8. The van der Waals surface area contributed by atoms with Crippen LogP contribution in [-0.4, -0.2) is 47.9 Å². The fourth-order valence-electron chi connectivity index (χ4n) is 1.79. The van der Waals surface area contributed by atoms with Gasteiger partial charge in [0.1, 0.15) is 0 Å². The van der Waals surface area contributed by atoms with E-state index in [1.165, 1.54) is 11.3 Å². The molecule has 4 nitrogen and oxygen atoms in total. The molecule has 0 spiro atoms. The monoisotopic (exact) mass is 225 g/mol. The van der Waals surface area contributed by atoms with E-state index < -0.39 is 0 Å². The van der Waals surface area contributed by atoms with Crippen molar-refractivity contribution in [2.45, 2.75) is 13.0 Å². The second-order valence-corrected chi connectivity index (χ2v) is 4.75. The van der Waals surface area contributed by atoms with Crippen molar-refractivity contribution in [2.24, 2.45) is 0 Å². The Hall–Kier alpha value is -0.780. The Labute approximate surface area is 93.3 Å². The summed E-state index contributed by atoms with van der Waals surface area (Å²) in [6.07, 6.45) is 1.68. The quantitative estimate of drug-likeness (QED) is 0.766. The first-order valence-electron chi connectivity index (χ1n) is 5.14. The molecule has 0 saturated carbocycles. The van der Waals surface area contributed by atoms with Gasteiger partial charge in [-0.15, -0.1) is 11.3 Å². The summed E-state index contributed by atoms with van der Waals surface area (Å²) in [5, 5.41) is 5.82. The van der Waals surface area contributed by atoms with Gasteiger partial charge in [-0.2, -0.15) is 0 Å². The fraction of sp³-hybridized carbons (Fsp3) is 0.600. The number of hydrogen-bond acceptors (Lipinski definition) is 5. The van der Waals surface area contributed by atoms with Crippen LogP contribution in [0.4, 0.5) is 0 Å². The maximum Gasteiger partial charge on any atom is 0.205 e. The second kappa shape index (κ2) is 4.83. The molecule has 1 aliphatic heterocycles. The third kappa shape index (κ3) is 2.84. The van der Waals surface area contributed by atoms with Crippen LogP contribution in [0.3, 0.4) is 0 Å². The molecule has 1 saturated heterocycles. The predicted molar refractivity (Wildman–Crippen MR) is 60.3 cm³/mol. The first-order chi connectivity index (χ1) is 7.25. The van der Waals surface area contributed by atoms with Gasteiger partial charge in [0.05, 0.1) is 6.54 Å². The number of rotatable bonds is 3. The number of aromatic nitrogens is 1. The number of nitrogens with one attached hydrogen (secondary N) is 1. The number of ketones is 1. The molecule has 5 heteroatoms. The van der Waals surface area contributed by atoms with E-state index in [0.717, 1.165) is 19.6 Å². The van der Waals surface area contributed by atoms with Gasteiger partial charge in [-0.25, -0.2) is 4.98 Å². The third-order valence-corrected chi connectivity index (χ3v) is 3.31. The molecule has 15 heavy (non-hydrogen) atoms. The molecule has 0 aromatic carbocycles. The molecule has 1 aromatic heterocycles. The van der Waals surface area contributed by atoms with Gasteiger partial charge in [-0.1, -0.05) is 0 Å². The minimum atomic E-state index is 0.138. The van der Waals surface area contributed by atoms with Crippen LogP contribution in [-0.2, 0) is 0 Å². The van der Waals surface area contributed by atoms with Crippen LogP contribution < -0.4 is 5.32 Å². The molecule has 2 rings (SSSR count). The van der Waals surface area contributed by atoms with Gasteiger partial charge in [0.15, 0.2) is 5.01 Å². The molecule has 1 aliphatic rings. The molecule has 2 heterocycles. The maximum atomic E-state index is 11.8. The molecule has 1 fully saturated rings. The molecule has 1 unspecified atom stereocenters. The van der Waals surface area contributed by atoms with Gasteiger partial charge in [-0.05, 0) is 6.92 Å². The highest BCUT2D eigenvalue weighted by Gasteiger charge is 2.19. The summed E-state index contributed by atoms with van der Waals surface area (Å²) in [6.45, 7) is 5.49. The van der Waals surface area contributed by atoms with Crippen LogP contribution in [0.1, 0.15) is 16.7 Å². The Kier molecular flexibility index (Phi) is 3.45. The van der Waals surface area contributed by atoms with Crippen LogP contribution in [0.15, 0.2) is 11.6 Å². The van der Waals surface area contributed by atoms with Crippen molar-refractivity contribution in [3.63, 3.8) is 0 Å². The van der Waals surface area contributed by atoms with Gasteiger partial charge in [0.2, 0.25) is 5.78 Å². The molecular formula is C10H15N3OS. The average Bonchev–Trinajstić information content (AvgIpc) is 2.70. The van der Waals surface area contributed by atoms with Gasteiger partial charge in [-0.3, -0.25) is 9.69 Å². The number of nitrogens with zero attached hydrogens (tertiary/aromatic N) is 2. The first-order valence-corrected chi connectivity index (χ1v) is 6.02. The Bertz CT molecular complexity index is 325. The number of hydrogen-bond donors (Lipinski definition) is 1. The average molecular weight is 225 g/mol. The zero-order valence-corrected chi connectivity index (χ0v) is 9.59. The van der Waals surface area contributed by atoms with Crippen molar-refractivity contribution in [3.8, 4) is 0 Å². The van der Waals surface area contributed by atoms with E-state index in [9.17, 15) is 4.79 Å². The topological polar surface area (TPSA) is 45.2 Å². The lowest BCUT2D eigenvalue weighted by Gasteiger charge is -2.30. The lowest BCUT2D eigenvalue weighted by atomic mass is 10.2. The van der Waals surface area contributed by atoms with E-state index in [-0.39, 0.29) is 5.78 Å². The van der Waals surface area contributed by atoms with E-state index in [2.05, 4.69) is 22.1 Å². The summed E-state index contributed by atoms with van der Waals surface area (Å²) in [5.41, 5.74) is 0. The standard InChI is InChI=1S/C10H15N3OS/c1-8-6-13(4-2-11-8)7-9(14)10-12-3-5-15-10/h3,5,8,11H,2,4,6-7H2,1H3. The highest BCUT2D eigenvalue weighted by molar-refractivity contribution is 7.11. The van der Waals surface area contributed by atoms with Crippen molar-refractivity contribution in [3.05, 3.63) is 16.6 Å². The Morgan fingerprint density at radius 3 is 3.33 bits per heavy atom. The van der Waals surface area contributed by atoms with Gasteiger partial charge in [0, 0.05) is 37.3 Å². The van der Waals surface area contributed by atoms with E-state index in [1.807, 2.05) is 5.38 Å². The number of carbonyl (C=O) groups is 1. The van der Waals surface area contributed by atoms with Crippen molar-refractivity contribution in [1.82, 2.24) is 15.2 Å². The van der Waals surface area contributed by atoms with Gasteiger partial charge in [0.25, 0.3) is 0 Å². The van der Waals surface area contributed by atoms with Crippen molar-refractivity contribution < 1.29 is 4.79 Å². The summed E-state index contributed by atoms with van der Waals surface area (Å²) in [6, 6.07) is 0.475. The zero-order chi connectivity index (χ0) is 10.7. The molecule has 0 radical (unpaired) electrons. The van der Waals surface area contributed by atoms with Crippen molar-refractivity contribution in [1.29, 1.82) is 0 Å². The summed E-state index contributed by atoms with van der Waals surface area (Å²) < 4.78 is 0. The van der Waals surface area contributed by atoms with Crippen LogP contribution >= 0.6 is 11.3 Å². The second-order valence-electron chi connectivity index (χ2n) is 3.85. The van der Waals surface area contributed by atoms with E-state index in [4.69, 9.17) is 0 Å². The van der Waals surface area contributed by atoms with Crippen LogP contribution in [0, 0.1) is 0 Å². The summed E-state index contributed by atoms with van der Waals surface area (Å²) in [7, 11) is 0. The minimum absolute atomic E-state index is 0.138. The summed E-state index contributed by atoms with van der Waals surface area (Å²) >= 11 is 1.42. The molecule has 1 aromatic rings. The first kappa shape index (κ1) is 10.7. The van der Waals surface area contributed by atoms with Gasteiger partial charge < -0.3 is 5.32 Å². The highest BCUT2D eigenvalue weighted by atomic mass is 32.1. The normalized spacial score (nSPS) is 22.9. The van der Waals surface area contributed by atoms with Crippen LogP contribution in [0.25, 0.3) is 0 Å². The summed E-state index contributed by atoms with van der Waals surface area (Å²) in [5.74, 6) is 0.138. The van der Waals surface area contributed by atoms with E-state index in [1.54, 1.807) is 6.20 Å². The lowest BCUT2D eigenvalue weighted by molar-refractivity contribution is 0.0908. The Morgan fingerprint density at radius 1 is 1.80 bits per heavy atom. The Balaban J connectivity index is 1.89. The Morgan fingerprint density at radius 2 is 2.67 bits per heavy atom. The number of thiazole rings is 1. The highest BCUT2D eigenvalue weighted by Crippen LogP contribution is 2.07. The zero-order valence-electron chi connectivity index (χ0n) is 8.77. The molecule has 0 bridgehead atoms. The van der Waals surface area contributed by atoms with E-state index >= 15 is 0 Å². The van der Waals surface area contributed by atoms with E-state index in [0.29, 0.717) is 17.6 Å². The van der Waals surface area contributed by atoms with Crippen LogP contribution in [0.2, 0.25) is 0 Å². The SMILES string of the molecule is CC1CN(CC(=O)c2nccs2)CCN1. The third-order valence-electron chi connectivity index (χ3n) is 2.49. The largest absolute Gasteiger partial charge is 0.312 e. The summed E-state index contributed by atoms with van der Waals surface area (Å²) in [4.78, 5) is 18.0. The molecular weight excluding hydrogens is 210 g/mol. The molecule has 1 N–H and O–H groups in total. The van der Waals surface area contributed by atoms with Crippen LogP contribution in [0.5, 0.6) is 0 Å². The lowest BCUT2D eigenvalue weighted by Crippen LogP contribution is -2.50. The van der Waals surface area contributed by atoms with Crippen molar-refractivity contribution >= 4 is 17.1 Å². The molecule has 0 amide bonds. The number of Topliss-reactive ketones (excluding diaryl/α,β-unsaturated/α-hetero) is 1. The smallest absolute Gasteiger partial charge is 0.205 e. The van der Waals surface area contributed by atoms with Crippen molar-refractivity contribution in [2.75, 3.05) is 26.2 Å². The van der Waals surface area contributed by atoms with Gasteiger partial charge >= 0.3 is 0 Å². The number of piperazine rings is 1. The number of carbonyl (C=O) groups excluding carboxylic acids is 1. The minimum Gasteiger partial charge on any atom is -0.312 e. The molecule has 1 atom stereocenters. The fourth-order valence-corrected chi connectivity index (χ4v) is 2.36. The molecule has 0 aliphatic carbocycles.